The Morgan fingerprint density at radius 2 is 1.16 bits per heavy atom. The summed E-state index contributed by atoms with van der Waals surface area (Å²) < 4.78 is 24.1. The van der Waals surface area contributed by atoms with E-state index < -0.39 is 23.8 Å². The van der Waals surface area contributed by atoms with Crippen LogP contribution in [0, 0.1) is 0 Å². The van der Waals surface area contributed by atoms with Crippen LogP contribution < -0.4 is 0 Å². The van der Waals surface area contributed by atoms with E-state index in [1.807, 2.05) is 91.0 Å². The third-order valence-electron chi connectivity index (χ3n) is 5.79. The summed E-state index contributed by atoms with van der Waals surface area (Å²) in [5.74, 6) is -0.395. The van der Waals surface area contributed by atoms with Gasteiger partial charge in [0.05, 0.1) is 19.8 Å². The molecule has 0 spiro atoms. The molecule has 4 atom stereocenters. The predicted octanol–water partition coefficient (Wildman–Crippen LogP) is 4.05. The lowest BCUT2D eigenvalue weighted by molar-refractivity contribution is -0.166. The highest BCUT2D eigenvalue weighted by atomic mass is 16.7. The van der Waals surface area contributed by atoms with Gasteiger partial charge in [-0.3, -0.25) is 0 Å². The van der Waals surface area contributed by atoms with E-state index in [1.54, 1.807) is 0 Å². The minimum absolute atomic E-state index is 0.301. The molecule has 3 aromatic carbocycles. The molecule has 0 bridgehead atoms. The number of ether oxygens (including phenoxy) is 4. The molecule has 1 aliphatic heterocycles. The Morgan fingerprint density at radius 3 is 1.71 bits per heavy atom. The monoisotopic (exact) mass is 416 g/mol. The fourth-order valence-electron chi connectivity index (χ4n) is 4.10. The third kappa shape index (κ3) is 4.00. The van der Waals surface area contributed by atoms with E-state index in [4.69, 9.17) is 18.9 Å². The molecule has 3 aromatic rings. The molecule has 0 N–H and O–H groups in total. The fraction of sp³-hybridized carbons (Fsp3) is 0.269. The number of hydrogen-bond donors (Lipinski definition) is 0. The van der Waals surface area contributed by atoms with Crippen LogP contribution in [0.3, 0.4) is 0 Å². The molecular weight excluding hydrogens is 392 g/mol. The molecule has 2 aliphatic rings. The van der Waals surface area contributed by atoms with Gasteiger partial charge in [0.2, 0.25) is 0 Å². The first-order valence-electron chi connectivity index (χ1n) is 10.5. The summed E-state index contributed by atoms with van der Waals surface area (Å²) in [7, 11) is 0. The Hall–Kier alpha value is -2.99. The molecule has 158 valence electrons. The summed E-state index contributed by atoms with van der Waals surface area (Å²) in [6.07, 6.45) is -1.66. The van der Waals surface area contributed by atoms with E-state index in [0.29, 0.717) is 19.8 Å². The number of hydrogen-bond acceptors (Lipinski definition) is 5. The van der Waals surface area contributed by atoms with Crippen LogP contribution >= 0.6 is 0 Å². The zero-order chi connectivity index (χ0) is 21.1. The molecule has 1 aliphatic carbocycles. The molecule has 5 nitrogen and oxygen atoms in total. The molecule has 5 rings (SSSR count). The Morgan fingerprint density at radius 1 is 0.677 bits per heavy atom. The second-order valence-electron chi connectivity index (χ2n) is 7.88. The van der Waals surface area contributed by atoms with Gasteiger partial charge in [-0.05, 0) is 16.7 Å². The Kier molecular flexibility index (Phi) is 5.55. The largest absolute Gasteiger partial charge is 0.454 e. The van der Waals surface area contributed by atoms with Gasteiger partial charge in [-0.1, -0.05) is 91.0 Å². The summed E-state index contributed by atoms with van der Waals surface area (Å²) in [6.45, 7) is 1.07. The number of carbonyl (C=O) groups excluding carboxylic acids is 1. The average molecular weight is 416 g/mol. The third-order valence-corrected chi connectivity index (χ3v) is 5.79. The van der Waals surface area contributed by atoms with Crippen LogP contribution in [0.15, 0.2) is 91.0 Å². The first-order chi connectivity index (χ1) is 15.3. The lowest BCUT2D eigenvalue weighted by atomic mass is 10.1. The van der Waals surface area contributed by atoms with Crippen LogP contribution in [0.5, 0.6) is 0 Å². The molecule has 4 unspecified atom stereocenters. The lowest BCUT2D eigenvalue weighted by Gasteiger charge is -2.23. The van der Waals surface area contributed by atoms with E-state index >= 15 is 0 Å². The Labute approximate surface area is 181 Å². The second-order valence-corrected chi connectivity index (χ2v) is 7.88. The van der Waals surface area contributed by atoms with E-state index in [1.165, 1.54) is 0 Å². The first kappa shape index (κ1) is 19.9. The first-order valence-corrected chi connectivity index (χ1v) is 10.5. The molecular formula is C26H24O5. The number of benzene rings is 3. The summed E-state index contributed by atoms with van der Waals surface area (Å²) in [5.41, 5.74) is 2.12. The molecule has 0 radical (unpaired) electrons. The van der Waals surface area contributed by atoms with Crippen LogP contribution in [-0.4, -0.2) is 29.9 Å². The standard InChI is InChI=1S/C26H24O5/c27-25-24(29-17-20-12-6-2-7-13-20)26(30-18-21-14-8-3-9-15-21)22(23(26)31-25)28-16-19-10-4-1-5-11-19/h1-15,22-24H,16-18H2. The van der Waals surface area contributed by atoms with Crippen molar-refractivity contribution >= 4 is 5.97 Å². The summed E-state index contributed by atoms with van der Waals surface area (Å²) in [5, 5.41) is 0. The van der Waals surface area contributed by atoms with Gasteiger partial charge in [0.25, 0.3) is 0 Å². The Bertz CT molecular complexity index is 1010. The number of carbonyl (C=O) groups is 1. The van der Waals surface area contributed by atoms with Gasteiger partial charge in [0.15, 0.2) is 17.8 Å². The van der Waals surface area contributed by atoms with Crippen molar-refractivity contribution < 1.29 is 23.7 Å². The van der Waals surface area contributed by atoms with Gasteiger partial charge in [0.1, 0.15) is 6.10 Å². The van der Waals surface area contributed by atoms with E-state index in [0.717, 1.165) is 16.7 Å². The van der Waals surface area contributed by atoms with Crippen LogP contribution in [-0.2, 0) is 43.6 Å². The van der Waals surface area contributed by atoms with E-state index in [9.17, 15) is 4.79 Å². The van der Waals surface area contributed by atoms with Crippen LogP contribution in [0.25, 0.3) is 0 Å². The smallest absolute Gasteiger partial charge is 0.339 e. The van der Waals surface area contributed by atoms with Gasteiger partial charge >= 0.3 is 5.97 Å². The zero-order valence-corrected chi connectivity index (χ0v) is 17.1. The molecule has 31 heavy (non-hydrogen) atoms. The highest BCUT2D eigenvalue weighted by molar-refractivity contribution is 5.82. The molecule has 5 heteroatoms. The van der Waals surface area contributed by atoms with Gasteiger partial charge in [0, 0.05) is 0 Å². The molecule has 1 saturated carbocycles. The van der Waals surface area contributed by atoms with Gasteiger partial charge in [-0.25, -0.2) is 4.79 Å². The molecule has 1 heterocycles. The van der Waals surface area contributed by atoms with Crippen molar-refractivity contribution in [1.29, 1.82) is 0 Å². The second kappa shape index (κ2) is 8.63. The maximum atomic E-state index is 12.6. The number of esters is 1. The summed E-state index contributed by atoms with van der Waals surface area (Å²) in [4.78, 5) is 12.6. The Balaban J connectivity index is 1.33. The summed E-state index contributed by atoms with van der Waals surface area (Å²) in [6, 6.07) is 29.5. The summed E-state index contributed by atoms with van der Waals surface area (Å²) >= 11 is 0. The minimum Gasteiger partial charge on any atom is -0.454 e. The molecule has 0 amide bonds. The van der Waals surface area contributed by atoms with Crippen molar-refractivity contribution in [1.82, 2.24) is 0 Å². The van der Waals surface area contributed by atoms with Crippen molar-refractivity contribution in [3.8, 4) is 0 Å². The highest BCUT2D eigenvalue weighted by Crippen LogP contribution is 2.55. The fourth-order valence-corrected chi connectivity index (χ4v) is 4.10. The topological polar surface area (TPSA) is 54.0 Å². The van der Waals surface area contributed by atoms with Gasteiger partial charge in [-0.15, -0.1) is 0 Å². The quantitative estimate of drug-likeness (QED) is 0.493. The van der Waals surface area contributed by atoms with Gasteiger partial charge in [-0.2, -0.15) is 0 Å². The maximum Gasteiger partial charge on any atom is 0.339 e. The van der Waals surface area contributed by atoms with Crippen molar-refractivity contribution in [2.75, 3.05) is 0 Å². The van der Waals surface area contributed by atoms with Crippen LogP contribution in [0.1, 0.15) is 16.7 Å². The number of rotatable bonds is 9. The minimum atomic E-state index is -0.934. The van der Waals surface area contributed by atoms with Crippen molar-refractivity contribution in [2.24, 2.45) is 0 Å². The van der Waals surface area contributed by atoms with E-state index in [-0.39, 0.29) is 6.10 Å². The van der Waals surface area contributed by atoms with Crippen molar-refractivity contribution in [3.63, 3.8) is 0 Å². The van der Waals surface area contributed by atoms with Crippen LogP contribution in [0.4, 0.5) is 0 Å². The van der Waals surface area contributed by atoms with Crippen LogP contribution in [0.2, 0.25) is 0 Å². The van der Waals surface area contributed by atoms with Crippen molar-refractivity contribution in [2.45, 2.75) is 43.7 Å². The zero-order valence-electron chi connectivity index (χ0n) is 17.1. The maximum absolute atomic E-state index is 12.6. The SMILES string of the molecule is O=C1OC2C(OCc3ccccc3)C2(OCc2ccccc2)C1OCc1ccccc1. The molecule has 1 saturated heterocycles. The predicted molar refractivity (Wildman–Crippen MR) is 114 cm³/mol. The molecule has 2 fully saturated rings. The van der Waals surface area contributed by atoms with E-state index in [2.05, 4.69) is 0 Å². The average Bonchev–Trinajstić information content (AvgIpc) is 3.32. The highest BCUT2D eigenvalue weighted by Gasteiger charge is 2.81. The van der Waals surface area contributed by atoms with Gasteiger partial charge < -0.3 is 18.9 Å². The van der Waals surface area contributed by atoms with Crippen molar-refractivity contribution in [3.05, 3.63) is 108 Å². The lowest BCUT2D eigenvalue weighted by Crippen LogP contribution is -2.41. The number of fused-ring (bicyclic) bond motifs is 1. The molecule has 0 aromatic heterocycles. The normalized spacial score (nSPS) is 26.3.